The number of hydrogen-bond acceptors (Lipinski definition) is 6. The van der Waals surface area contributed by atoms with E-state index in [1.165, 1.54) is 0 Å². The largest absolute Gasteiger partial charge is 0.393 e. The minimum Gasteiger partial charge on any atom is -0.393 e. The Hall–Kier alpha value is -1.73. The molecular weight excluding hydrogens is 318 g/mol. The molecule has 7 heteroatoms. The molecule has 0 saturated carbocycles. The van der Waals surface area contributed by atoms with Crippen molar-refractivity contribution >= 4 is 11.9 Å². The Balaban J connectivity index is 1.58. The highest BCUT2D eigenvalue weighted by atomic mass is 16.3. The maximum Gasteiger partial charge on any atom is 0.257 e. The number of carbonyl (C=O) groups is 1. The van der Waals surface area contributed by atoms with Gasteiger partial charge in [0.15, 0.2) is 0 Å². The Labute approximate surface area is 149 Å². The molecule has 3 rings (SSSR count). The molecule has 3 heterocycles. The van der Waals surface area contributed by atoms with Gasteiger partial charge >= 0.3 is 0 Å². The fraction of sp³-hybridized carbons (Fsp3) is 0.722. The van der Waals surface area contributed by atoms with E-state index in [1.54, 1.807) is 6.20 Å². The molecule has 1 N–H and O–H groups in total. The number of hydrogen-bond donors (Lipinski definition) is 1. The second kappa shape index (κ2) is 7.66. The van der Waals surface area contributed by atoms with Gasteiger partial charge in [0, 0.05) is 52.5 Å². The first-order valence-corrected chi connectivity index (χ1v) is 9.18. The van der Waals surface area contributed by atoms with E-state index in [4.69, 9.17) is 0 Å². The predicted molar refractivity (Wildman–Crippen MR) is 96.8 cm³/mol. The maximum atomic E-state index is 12.8. The van der Waals surface area contributed by atoms with Crippen LogP contribution >= 0.6 is 0 Å². The third-order valence-electron chi connectivity index (χ3n) is 5.36. The molecule has 0 radical (unpaired) electrons. The first-order valence-electron chi connectivity index (χ1n) is 9.18. The normalized spacial score (nSPS) is 20.7. The van der Waals surface area contributed by atoms with E-state index in [0.29, 0.717) is 17.6 Å². The van der Waals surface area contributed by atoms with Crippen LogP contribution in [-0.2, 0) is 0 Å². The van der Waals surface area contributed by atoms with Crippen molar-refractivity contribution < 1.29 is 9.90 Å². The molecule has 1 aromatic heterocycles. The number of aryl methyl sites for hydroxylation is 1. The van der Waals surface area contributed by atoms with Gasteiger partial charge in [-0.15, -0.1) is 0 Å². The van der Waals surface area contributed by atoms with E-state index in [-0.39, 0.29) is 12.0 Å². The lowest BCUT2D eigenvalue weighted by molar-refractivity contribution is 0.0356. The van der Waals surface area contributed by atoms with E-state index >= 15 is 0 Å². The van der Waals surface area contributed by atoms with Gasteiger partial charge in [0.2, 0.25) is 5.95 Å². The van der Waals surface area contributed by atoms with Crippen LogP contribution in [0.2, 0.25) is 0 Å². The molecule has 0 aliphatic carbocycles. The van der Waals surface area contributed by atoms with E-state index in [2.05, 4.69) is 14.9 Å². The zero-order valence-corrected chi connectivity index (χ0v) is 15.5. The Morgan fingerprint density at radius 1 is 1.16 bits per heavy atom. The molecule has 0 unspecified atom stereocenters. The Morgan fingerprint density at radius 2 is 1.80 bits per heavy atom. The average Bonchev–Trinajstić information content (AvgIpc) is 2.62. The van der Waals surface area contributed by atoms with Crippen molar-refractivity contribution in [3.05, 3.63) is 17.5 Å². The Morgan fingerprint density at radius 3 is 2.36 bits per heavy atom. The van der Waals surface area contributed by atoms with Crippen LogP contribution in [0.15, 0.2) is 6.20 Å². The highest BCUT2D eigenvalue weighted by molar-refractivity contribution is 5.95. The van der Waals surface area contributed by atoms with E-state index in [9.17, 15) is 9.90 Å². The molecule has 7 nitrogen and oxygen atoms in total. The van der Waals surface area contributed by atoms with Crippen molar-refractivity contribution in [1.82, 2.24) is 19.8 Å². The molecule has 0 spiro atoms. The SMILES string of the molecule is Cc1nc(N(C)C)ncc1C(=O)N1CCC(N2CCC(O)CC2)CC1. The smallest absolute Gasteiger partial charge is 0.257 e. The molecule has 0 atom stereocenters. The van der Waals surface area contributed by atoms with Crippen molar-refractivity contribution in [3.8, 4) is 0 Å². The van der Waals surface area contributed by atoms with Crippen LogP contribution in [0.1, 0.15) is 41.7 Å². The third kappa shape index (κ3) is 4.10. The second-order valence-electron chi connectivity index (χ2n) is 7.35. The first-order chi connectivity index (χ1) is 12.0. The van der Waals surface area contributed by atoms with Crippen molar-refractivity contribution in [2.24, 2.45) is 0 Å². The summed E-state index contributed by atoms with van der Waals surface area (Å²) in [4.78, 5) is 27.8. The minimum absolute atomic E-state index is 0.0373. The summed E-state index contributed by atoms with van der Waals surface area (Å²) in [6.45, 7) is 5.36. The van der Waals surface area contributed by atoms with Crippen LogP contribution in [0.25, 0.3) is 0 Å². The van der Waals surface area contributed by atoms with Gasteiger partial charge in [0.25, 0.3) is 5.91 Å². The summed E-state index contributed by atoms with van der Waals surface area (Å²) in [5.74, 6) is 0.662. The Bertz CT molecular complexity index is 605. The number of aliphatic hydroxyl groups excluding tert-OH is 1. The van der Waals surface area contributed by atoms with Crippen molar-refractivity contribution in [2.45, 2.75) is 44.8 Å². The van der Waals surface area contributed by atoms with E-state index in [1.807, 2.05) is 30.8 Å². The van der Waals surface area contributed by atoms with Gasteiger partial charge in [-0.25, -0.2) is 9.97 Å². The van der Waals surface area contributed by atoms with Gasteiger partial charge < -0.3 is 19.8 Å². The number of nitrogens with zero attached hydrogens (tertiary/aromatic N) is 5. The summed E-state index contributed by atoms with van der Waals surface area (Å²) >= 11 is 0. The first kappa shape index (κ1) is 18.1. The zero-order chi connectivity index (χ0) is 18.0. The number of aliphatic hydroxyl groups is 1. The molecule has 2 saturated heterocycles. The van der Waals surface area contributed by atoms with Crippen LogP contribution in [0, 0.1) is 6.92 Å². The van der Waals surface area contributed by atoms with Crippen molar-refractivity contribution in [1.29, 1.82) is 0 Å². The summed E-state index contributed by atoms with van der Waals surface area (Å²) in [6, 6.07) is 0.532. The lowest BCUT2D eigenvalue weighted by Gasteiger charge is -2.41. The van der Waals surface area contributed by atoms with Crippen LogP contribution in [0.5, 0.6) is 0 Å². The third-order valence-corrected chi connectivity index (χ3v) is 5.36. The molecule has 0 bridgehead atoms. The molecule has 2 aliphatic rings. The monoisotopic (exact) mass is 347 g/mol. The lowest BCUT2D eigenvalue weighted by Crippen LogP contribution is -2.49. The summed E-state index contributed by atoms with van der Waals surface area (Å²) in [5.41, 5.74) is 1.33. The van der Waals surface area contributed by atoms with Gasteiger partial charge in [-0.3, -0.25) is 4.79 Å². The standard InChI is InChI=1S/C18H29N5O2/c1-13-16(12-19-18(20-13)21(2)3)17(25)23-8-4-14(5-9-23)22-10-6-15(24)7-11-22/h12,14-15,24H,4-11H2,1-3H3. The summed E-state index contributed by atoms with van der Waals surface area (Å²) in [6.07, 6.45) is 5.25. The van der Waals surface area contributed by atoms with Crippen molar-refractivity contribution in [2.75, 3.05) is 45.2 Å². The Kier molecular flexibility index (Phi) is 5.54. The molecule has 138 valence electrons. The van der Waals surface area contributed by atoms with Gasteiger partial charge in [-0.1, -0.05) is 0 Å². The van der Waals surface area contributed by atoms with Crippen LogP contribution in [0.4, 0.5) is 5.95 Å². The number of rotatable bonds is 3. The minimum atomic E-state index is -0.133. The highest BCUT2D eigenvalue weighted by Crippen LogP contribution is 2.22. The highest BCUT2D eigenvalue weighted by Gasteiger charge is 2.30. The quantitative estimate of drug-likeness (QED) is 0.876. The summed E-state index contributed by atoms with van der Waals surface area (Å²) < 4.78 is 0. The summed E-state index contributed by atoms with van der Waals surface area (Å²) in [7, 11) is 3.78. The predicted octanol–water partition coefficient (Wildman–Crippen LogP) is 0.912. The molecule has 2 aliphatic heterocycles. The second-order valence-corrected chi connectivity index (χ2v) is 7.35. The number of anilines is 1. The molecule has 1 aromatic rings. The van der Waals surface area contributed by atoms with Crippen LogP contribution in [0.3, 0.4) is 0 Å². The average molecular weight is 347 g/mol. The topological polar surface area (TPSA) is 72.8 Å². The molecule has 1 amide bonds. The fourth-order valence-corrected chi connectivity index (χ4v) is 3.74. The molecule has 0 aromatic carbocycles. The molecular formula is C18H29N5O2. The number of piperidine rings is 2. The number of likely N-dealkylation sites (tertiary alicyclic amines) is 2. The number of amides is 1. The zero-order valence-electron chi connectivity index (χ0n) is 15.5. The van der Waals surface area contributed by atoms with Gasteiger partial charge in [0.05, 0.1) is 17.4 Å². The summed E-state index contributed by atoms with van der Waals surface area (Å²) in [5, 5.41) is 9.65. The van der Waals surface area contributed by atoms with Crippen molar-refractivity contribution in [3.63, 3.8) is 0 Å². The van der Waals surface area contributed by atoms with Crippen LogP contribution in [-0.4, -0.2) is 83.2 Å². The number of carbonyl (C=O) groups excluding carboxylic acids is 1. The molecule has 2 fully saturated rings. The van der Waals surface area contributed by atoms with E-state index < -0.39 is 0 Å². The lowest BCUT2D eigenvalue weighted by atomic mass is 9.98. The van der Waals surface area contributed by atoms with Gasteiger partial charge in [-0.2, -0.15) is 0 Å². The van der Waals surface area contributed by atoms with E-state index in [0.717, 1.165) is 57.6 Å². The number of aromatic nitrogens is 2. The molecule has 25 heavy (non-hydrogen) atoms. The maximum absolute atomic E-state index is 12.8. The van der Waals surface area contributed by atoms with Gasteiger partial charge in [-0.05, 0) is 32.6 Å². The fourth-order valence-electron chi connectivity index (χ4n) is 3.74. The van der Waals surface area contributed by atoms with Gasteiger partial charge in [0.1, 0.15) is 0 Å². The van der Waals surface area contributed by atoms with Crippen LogP contribution < -0.4 is 4.90 Å².